The maximum atomic E-state index is 12.1. The van der Waals surface area contributed by atoms with E-state index in [0.29, 0.717) is 24.1 Å². The highest BCUT2D eigenvalue weighted by atomic mass is 127. The maximum Gasteiger partial charge on any atom is 0.195 e. The topological polar surface area (TPSA) is 89.0 Å². The van der Waals surface area contributed by atoms with Crippen molar-refractivity contribution in [3.63, 3.8) is 0 Å². The second kappa shape index (κ2) is 10.8. The number of guanidine groups is 1. The van der Waals surface area contributed by atoms with Gasteiger partial charge in [-0.3, -0.25) is 4.99 Å². The first-order valence-corrected chi connectivity index (χ1v) is 9.80. The van der Waals surface area contributed by atoms with Crippen molar-refractivity contribution in [1.29, 1.82) is 0 Å². The molecule has 1 aromatic rings. The van der Waals surface area contributed by atoms with Crippen molar-refractivity contribution in [3.8, 4) is 11.5 Å². The standard InChI is InChI=1S/C17H29N3O4S.HI/c1-7-24-14-9-8-13(12-15(14)23-6)20-16(18-5)19-10-11-25(21,22)17(2,3)4;/h8-9,12H,7,10-11H2,1-6H3,(H2,18,19,20);1H. The molecule has 0 atom stereocenters. The Morgan fingerprint density at radius 1 is 1.23 bits per heavy atom. The van der Waals surface area contributed by atoms with Crippen molar-refractivity contribution in [3.05, 3.63) is 18.2 Å². The smallest absolute Gasteiger partial charge is 0.195 e. The second-order valence-corrected chi connectivity index (χ2v) is 9.22. The molecule has 1 rings (SSSR count). The van der Waals surface area contributed by atoms with Crippen LogP contribution in [0.1, 0.15) is 27.7 Å². The highest BCUT2D eigenvalue weighted by molar-refractivity contribution is 14.0. The van der Waals surface area contributed by atoms with Crippen molar-refractivity contribution >= 4 is 45.5 Å². The first-order chi connectivity index (χ1) is 11.6. The molecule has 0 spiro atoms. The lowest BCUT2D eigenvalue weighted by Gasteiger charge is -2.20. The summed E-state index contributed by atoms with van der Waals surface area (Å²) < 4.78 is 34.3. The molecule has 0 bridgehead atoms. The van der Waals surface area contributed by atoms with Gasteiger partial charge in [-0.25, -0.2) is 8.42 Å². The summed E-state index contributed by atoms with van der Waals surface area (Å²) in [5, 5.41) is 6.12. The molecule has 0 aliphatic carbocycles. The number of nitrogens with one attached hydrogen (secondary N) is 2. The van der Waals surface area contributed by atoms with Crippen LogP contribution in [0.5, 0.6) is 11.5 Å². The van der Waals surface area contributed by atoms with Crippen LogP contribution in [-0.2, 0) is 9.84 Å². The number of aliphatic imine (C=N–C) groups is 1. The molecule has 26 heavy (non-hydrogen) atoms. The lowest BCUT2D eigenvalue weighted by molar-refractivity contribution is 0.311. The normalized spacial score (nSPS) is 12.2. The summed E-state index contributed by atoms with van der Waals surface area (Å²) in [6.07, 6.45) is 0. The molecule has 0 fully saturated rings. The van der Waals surface area contributed by atoms with Crippen molar-refractivity contribution in [2.75, 3.05) is 38.4 Å². The Morgan fingerprint density at radius 2 is 1.88 bits per heavy atom. The Bertz CT molecular complexity index is 700. The monoisotopic (exact) mass is 499 g/mol. The molecule has 150 valence electrons. The van der Waals surface area contributed by atoms with Crippen LogP contribution in [0.2, 0.25) is 0 Å². The summed E-state index contributed by atoms with van der Waals surface area (Å²) in [5.41, 5.74) is 0.757. The first-order valence-electron chi connectivity index (χ1n) is 8.15. The van der Waals surface area contributed by atoms with Crippen LogP contribution >= 0.6 is 24.0 Å². The van der Waals surface area contributed by atoms with Gasteiger partial charge in [0, 0.05) is 25.3 Å². The SMILES string of the molecule is CCOc1ccc(NC(=NC)NCCS(=O)(=O)C(C)(C)C)cc1OC.I. The number of benzene rings is 1. The molecule has 1 aromatic carbocycles. The van der Waals surface area contributed by atoms with E-state index in [-0.39, 0.29) is 36.3 Å². The van der Waals surface area contributed by atoms with Crippen molar-refractivity contribution in [1.82, 2.24) is 5.32 Å². The van der Waals surface area contributed by atoms with E-state index >= 15 is 0 Å². The van der Waals surface area contributed by atoms with Gasteiger partial charge >= 0.3 is 0 Å². The quantitative estimate of drug-likeness (QED) is 0.341. The molecule has 0 saturated heterocycles. The van der Waals surface area contributed by atoms with E-state index in [1.807, 2.05) is 19.1 Å². The third kappa shape index (κ3) is 7.18. The molecule has 0 radical (unpaired) electrons. The van der Waals surface area contributed by atoms with Crippen LogP contribution in [0, 0.1) is 0 Å². The zero-order valence-electron chi connectivity index (χ0n) is 16.3. The third-order valence-electron chi connectivity index (χ3n) is 3.55. The summed E-state index contributed by atoms with van der Waals surface area (Å²) in [5.74, 6) is 1.78. The fraction of sp³-hybridized carbons (Fsp3) is 0.588. The van der Waals surface area contributed by atoms with Crippen LogP contribution in [0.15, 0.2) is 23.2 Å². The third-order valence-corrected chi connectivity index (χ3v) is 6.15. The van der Waals surface area contributed by atoms with Gasteiger partial charge in [0.05, 0.1) is 24.2 Å². The predicted octanol–water partition coefficient (Wildman–Crippen LogP) is 2.91. The summed E-state index contributed by atoms with van der Waals surface area (Å²) in [7, 11) is 0.0209. The average molecular weight is 499 g/mol. The van der Waals surface area contributed by atoms with Crippen LogP contribution in [0.3, 0.4) is 0 Å². The summed E-state index contributed by atoms with van der Waals surface area (Å²) in [4.78, 5) is 4.11. The zero-order valence-corrected chi connectivity index (χ0v) is 19.4. The molecular weight excluding hydrogens is 469 g/mol. The van der Waals surface area contributed by atoms with Crippen molar-refractivity contribution in [2.24, 2.45) is 4.99 Å². The number of hydrogen-bond acceptors (Lipinski definition) is 5. The number of methoxy groups -OCH3 is 1. The number of nitrogens with zero attached hydrogens (tertiary/aromatic N) is 1. The Hall–Kier alpha value is -1.23. The van der Waals surface area contributed by atoms with Crippen LogP contribution in [0.25, 0.3) is 0 Å². The number of halogens is 1. The fourth-order valence-corrected chi connectivity index (χ4v) is 2.93. The molecule has 0 unspecified atom stereocenters. The van der Waals surface area contributed by atoms with Crippen molar-refractivity contribution < 1.29 is 17.9 Å². The number of ether oxygens (including phenoxy) is 2. The highest BCUT2D eigenvalue weighted by Gasteiger charge is 2.28. The Balaban J connectivity index is 0.00000625. The number of hydrogen-bond donors (Lipinski definition) is 2. The van der Waals surface area contributed by atoms with Crippen LogP contribution in [-0.4, -0.2) is 52.2 Å². The van der Waals surface area contributed by atoms with E-state index in [9.17, 15) is 8.42 Å². The molecular formula is C17H30IN3O4S. The van der Waals surface area contributed by atoms with E-state index < -0.39 is 14.6 Å². The number of anilines is 1. The minimum atomic E-state index is -3.18. The van der Waals surface area contributed by atoms with E-state index in [0.717, 1.165) is 5.69 Å². The average Bonchev–Trinajstić information content (AvgIpc) is 2.54. The van der Waals surface area contributed by atoms with Crippen LogP contribution < -0.4 is 20.1 Å². The summed E-state index contributed by atoms with van der Waals surface area (Å²) in [6.45, 7) is 7.82. The number of sulfone groups is 1. The van der Waals surface area contributed by atoms with Gasteiger partial charge < -0.3 is 20.1 Å². The van der Waals surface area contributed by atoms with Gasteiger partial charge in [-0.1, -0.05) is 0 Å². The van der Waals surface area contributed by atoms with Gasteiger partial charge in [0.15, 0.2) is 27.3 Å². The van der Waals surface area contributed by atoms with E-state index in [2.05, 4.69) is 15.6 Å². The maximum absolute atomic E-state index is 12.1. The molecule has 2 N–H and O–H groups in total. The second-order valence-electron chi connectivity index (χ2n) is 6.35. The summed E-state index contributed by atoms with van der Waals surface area (Å²) in [6, 6.07) is 5.44. The molecule has 7 nitrogen and oxygen atoms in total. The van der Waals surface area contributed by atoms with E-state index in [1.165, 1.54) is 0 Å². The Morgan fingerprint density at radius 3 is 2.38 bits per heavy atom. The minimum absolute atomic E-state index is 0. The largest absolute Gasteiger partial charge is 0.493 e. The summed E-state index contributed by atoms with van der Waals surface area (Å²) >= 11 is 0. The van der Waals surface area contributed by atoms with Gasteiger partial charge in [0.1, 0.15) is 0 Å². The highest BCUT2D eigenvalue weighted by Crippen LogP contribution is 2.30. The molecule has 0 aromatic heterocycles. The lowest BCUT2D eigenvalue weighted by atomic mass is 10.2. The molecule has 0 aliphatic rings. The Kier molecular flexibility index (Phi) is 10.3. The van der Waals surface area contributed by atoms with Gasteiger partial charge in [-0.15, -0.1) is 24.0 Å². The van der Waals surface area contributed by atoms with Gasteiger partial charge in [-0.2, -0.15) is 0 Å². The van der Waals surface area contributed by atoms with Gasteiger partial charge in [0.2, 0.25) is 0 Å². The molecule has 0 heterocycles. The molecule has 0 saturated carbocycles. The van der Waals surface area contributed by atoms with Gasteiger partial charge in [0.25, 0.3) is 0 Å². The van der Waals surface area contributed by atoms with Crippen molar-refractivity contribution in [2.45, 2.75) is 32.4 Å². The fourth-order valence-electron chi connectivity index (χ4n) is 1.95. The lowest BCUT2D eigenvalue weighted by Crippen LogP contribution is -2.38. The molecule has 9 heteroatoms. The molecule has 0 aliphatic heterocycles. The Labute approximate surface area is 173 Å². The predicted molar refractivity (Wildman–Crippen MR) is 118 cm³/mol. The number of rotatable bonds is 7. The van der Waals surface area contributed by atoms with Gasteiger partial charge in [-0.05, 0) is 39.8 Å². The first kappa shape index (κ1) is 24.8. The molecule has 0 amide bonds. The van der Waals surface area contributed by atoms with E-state index in [1.54, 1.807) is 41.0 Å². The van der Waals surface area contributed by atoms with E-state index in [4.69, 9.17) is 9.47 Å². The van der Waals surface area contributed by atoms with Crippen LogP contribution in [0.4, 0.5) is 5.69 Å². The minimum Gasteiger partial charge on any atom is -0.493 e. The zero-order chi connectivity index (χ0) is 19.1.